The maximum absolute atomic E-state index is 5.74. The van der Waals surface area contributed by atoms with Gasteiger partial charge in [0.15, 0.2) is 23.0 Å². The Balaban J connectivity index is 0.000000264. The largest absolute Gasteiger partial charge is 1.00 e. The molecule has 8 nitrogen and oxygen atoms in total. The van der Waals surface area contributed by atoms with Crippen molar-refractivity contribution in [3.63, 3.8) is 0 Å². The summed E-state index contributed by atoms with van der Waals surface area (Å²) in [5, 5.41) is 4.33. The third-order valence-electron chi connectivity index (χ3n) is 5.29. The number of pyridine rings is 1. The minimum atomic E-state index is 0. The van der Waals surface area contributed by atoms with E-state index < -0.39 is 0 Å². The molecule has 9 heteroatoms. The van der Waals surface area contributed by atoms with E-state index in [-0.39, 0.29) is 51.4 Å². The van der Waals surface area contributed by atoms with Gasteiger partial charge in [-0.15, -0.1) is 0 Å². The van der Waals surface area contributed by atoms with E-state index in [9.17, 15) is 0 Å². The van der Waals surface area contributed by atoms with Gasteiger partial charge in [0.1, 0.15) is 26.4 Å². The minimum Gasteiger partial charge on any atom is -0.487 e. The average molecular weight is 569 g/mol. The fraction of sp³-hybridized carbons (Fsp3) is 0.258. The van der Waals surface area contributed by atoms with Crippen molar-refractivity contribution in [1.82, 2.24) is 4.98 Å². The summed E-state index contributed by atoms with van der Waals surface area (Å²) in [6.07, 6.45) is 1.74. The second-order valence-electron chi connectivity index (χ2n) is 8.15. The second-order valence-corrected chi connectivity index (χ2v) is 8.15. The van der Waals surface area contributed by atoms with Crippen LogP contribution in [0.4, 0.5) is 11.5 Å². The predicted octanol–water partition coefficient (Wildman–Crippen LogP) is 3.37. The predicted molar refractivity (Wildman–Crippen MR) is 150 cm³/mol. The molecule has 0 saturated carbocycles. The monoisotopic (exact) mass is 568 g/mol. The molecular formula is C31H33KN2O6. The maximum atomic E-state index is 5.74. The quantitative estimate of drug-likeness (QED) is 0.343. The minimum absolute atomic E-state index is 0. The van der Waals surface area contributed by atoms with Crippen molar-refractivity contribution in [2.45, 2.75) is 0 Å². The molecule has 0 fully saturated rings. The van der Waals surface area contributed by atoms with E-state index in [4.69, 9.17) is 28.4 Å². The van der Waals surface area contributed by atoms with Gasteiger partial charge < -0.3 is 38.7 Å². The fourth-order valence-electron chi connectivity index (χ4n) is 3.48. The molecule has 4 aromatic rings. The Morgan fingerprint density at radius 1 is 0.450 bits per heavy atom. The van der Waals surface area contributed by atoms with E-state index in [1.165, 1.54) is 0 Å². The number of nitrogens with zero attached hydrogens (tertiary/aromatic N) is 2. The Labute approximate surface area is 278 Å². The molecule has 0 radical (unpaired) electrons. The first-order chi connectivity index (χ1) is 19.4. The smallest absolute Gasteiger partial charge is 0.487 e. The van der Waals surface area contributed by atoms with Crippen molar-refractivity contribution >= 4 is 11.5 Å². The molecule has 0 N–H and O–H groups in total. The number of aromatic nitrogens is 1. The van der Waals surface area contributed by atoms with Gasteiger partial charge in [-0.2, -0.15) is 0 Å². The summed E-state index contributed by atoms with van der Waals surface area (Å²) >= 11 is 0. The summed E-state index contributed by atoms with van der Waals surface area (Å²) in [7, 11) is 0. The third-order valence-corrected chi connectivity index (χ3v) is 5.29. The SMILES string of the molecule is [K+].c1ccc([N-]c2ccccn2)cc1.c1ccc2c(c1)OCCOCCOc1ccccc1OCCOCCO2. The molecule has 0 aliphatic carbocycles. The first-order valence-corrected chi connectivity index (χ1v) is 12.9. The van der Waals surface area contributed by atoms with Crippen molar-refractivity contribution in [3.05, 3.63) is 109 Å². The average Bonchev–Trinajstić information content (AvgIpc) is 2.98. The van der Waals surface area contributed by atoms with Gasteiger partial charge in [0.2, 0.25) is 0 Å². The van der Waals surface area contributed by atoms with E-state index in [1.54, 1.807) is 6.20 Å². The van der Waals surface area contributed by atoms with Crippen molar-refractivity contribution in [1.29, 1.82) is 0 Å². The van der Waals surface area contributed by atoms with Gasteiger partial charge in [-0.25, -0.2) is 0 Å². The van der Waals surface area contributed by atoms with Crippen LogP contribution in [-0.4, -0.2) is 57.8 Å². The standard InChI is InChI=1S/C20H24O6.C11H9N2.K/c1-2-6-18-17(5-1)23-13-9-21-11-15-25-19-7-3-4-8-20(19)26-16-12-22-10-14-24-18;1-2-6-10(7-3-1)13-11-8-4-5-9-12-11;/h1-8H,9-16H2;1-9H;/q;-1;+1. The first-order valence-electron chi connectivity index (χ1n) is 12.9. The van der Waals surface area contributed by atoms with Crippen LogP contribution in [0.3, 0.4) is 0 Å². The van der Waals surface area contributed by atoms with Crippen LogP contribution < -0.4 is 70.3 Å². The molecule has 0 bridgehead atoms. The number of para-hydroxylation sites is 5. The normalized spacial score (nSPS) is 14.1. The molecular weight excluding hydrogens is 535 g/mol. The Bertz CT molecular complexity index is 1070. The van der Waals surface area contributed by atoms with Crippen molar-refractivity contribution < 1.29 is 79.8 Å². The zero-order chi connectivity index (χ0) is 26.8. The Hall–Kier alpha value is -2.63. The van der Waals surface area contributed by atoms with Crippen molar-refractivity contribution in [2.75, 3.05) is 52.9 Å². The van der Waals surface area contributed by atoms with Crippen molar-refractivity contribution in [3.8, 4) is 23.0 Å². The third kappa shape index (κ3) is 11.9. The summed E-state index contributed by atoms with van der Waals surface area (Å²) in [6, 6.07) is 30.6. The summed E-state index contributed by atoms with van der Waals surface area (Å²) in [5.41, 5.74) is 0.932. The fourth-order valence-corrected chi connectivity index (χ4v) is 3.48. The number of ether oxygens (including phenoxy) is 6. The van der Waals surface area contributed by atoms with Crippen molar-refractivity contribution in [2.24, 2.45) is 0 Å². The van der Waals surface area contributed by atoms with Crippen LogP contribution in [0.15, 0.2) is 103 Å². The van der Waals surface area contributed by atoms with Crippen LogP contribution >= 0.6 is 0 Å². The van der Waals surface area contributed by atoms with Gasteiger partial charge in [-0.05, 0) is 30.0 Å². The van der Waals surface area contributed by atoms with E-state index in [0.29, 0.717) is 75.9 Å². The number of fused-ring (bicyclic) bond motifs is 2. The summed E-state index contributed by atoms with van der Waals surface area (Å²) in [6.45, 7) is 3.65. The molecule has 0 spiro atoms. The van der Waals surface area contributed by atoms with Gasteiger partial charge in [-0.1, -0.05) is 84.8 Å². The maximum Gasteiger partial charge on any atom is 1.00 e. The van der Waals surface area contributed by atoms with E-state index in [2.05, 4.69) is 10.3 Å². The molecule has 1 aromatic heterocycles. The summed E-state index contributed by atoms with van der Waals surface area (Å²) in [4.78, 5) is 4.11. The molecule has 0 unspecified atom stereocenters. The number of benzene rings is 3. The molecule has 1 aliphatic heterocycles. The molecule has 40 heavy (non-hydrogen) atoms. The number of hydrogen-bond donors (Lipinski definition) is 0. The zero-order valence-corrected chi connectivity index (χ0v) is 25.9. The number of hydrogen-bond acceptors (Lipinski definition) is 7. The Morgan fingerprint density at radius 3 is 1.25 bits per heavy atom. The van der Waals surface area contributed by atoms with Gasteiger partial charge in [-0.3, -0.25) is 0 Å². The van der Waals surface area contributed by atoms with Crippen LogP contribution in [0.5, 0.6) is 23.0 Å². The molecule has 0 atom stereocenters. The molecule has 3 aromatic carbocycles. The molecule has 204 valence electrons. The molecule has 2 heterocycles. The molecule has 0 amide bonds. The van der Waals surface area contributed by atoms with E-state index in [1.807, 2.05) is 97.1 Å². The molecule has 5 rings (SSSR count). The van der Waals surface area contributed by atoms with Crippen LogP contribution in [-0.2, 0) is 9.47 Å². The van der Waals surface area contributed by atoms with Gasteiger partial charge in [0, 0.05) is 0 Å². The topological polar surface area (TPSA) is 82.4 Å². The van der Waals surface area contributed by atoms with E-state index in [0.717, 1.165) is 11.5 Å². The van der Waals surface area contributed by atoms with Crippen LogP contribution in [0, 0.1) is 0 Å². The van der Waals surface area contributed by atoms with Crippen LogP contribution in [0.2, 0.25) is 0 Å². The Kier molecular flexibility index (Phi) is 15.5. The second kappa shape index (κ2) is 19.4. The van der Waals surface area contributed by atoms with Gasteiger partial charge in [0.25, 0.3) is 0 Å². The Morgan fingerprint density at radius 2 is 0.850 bits per heavy atom. The number of rotatable bonds is 2. The molecule has 1 aliphatic rings. The van der Waals surface area contributed by atoms with Gasteiger partial charge in [0.05, 0.1) is 26.4 Å². The first kappa shape index (κ1) is 31.9. The zero-order valence-electron chi connectivity index (χ0n) is 22.8. The van der Waals surface area contributed by atoms with Crippen LogP contribution in [0.25, 0.3) is 5.32 Å². The van der Waals surface area contributed by atoms with E-state index >= 15 is 0 Å². The summed E-state index contributed by atoms with van der Waals surface area (Å²) in [5.74, 6) is 3.54. The van der Waals surface area contributed by atoms with Gasteiger partial charge >= 0.3 is 51.4 Å². The molecule has 0 saturated heterocycles. The summed E-state index contributed by atoms with van der Waals surface area (Å²) < 4.78 is 34.1. The van der Waals surface area contributed by atoms with Crippen LogP contribution in [0.1, 0.15) is 0 Å².